The second-order valence-electron chi connectivity index (χ2n) is 6.20. The van der Waals surface area contributed by atoms with Gasteiger partial charge in [-0.3, -0.25) is 9.78 Å². The lowest BCUT2D eigenvalue weighted by molar-refractivity contribution is -0.118. The number of hydrogen-bond donors (Lipinski definition) is 0. The Morgan fingerprint density at radius 2 is 2.21 bits per heavy atom. The molecule has 0 bridgehead atoms. The molecule has 0 aliphatic heterocycles. The summed E-state index contributed by atoms with van der Waals surface area (Å²) in [5.41, 5.74) is 3.01. The number of hydrogen-bond acceptors (Lipinski definition) is 3. The molecule has 0 N–H and O–H groups in total. The van der Waals surface area contributed by atoms with E-state index in [-0.39, 0.29) is 12.3 Å². The maximum Gasteiger partial charge on any atom is 0.231 e. The summed E-state index contributed by atoms with van der Waals surface area (Å²) in [6.45, 7) is 2.60. The van der Waals surface area contributed by atoms with Crippen molar-refractivity contribution in [2.24, 2.45) is 5.92 Å². The van der Waals surface area contributed by atoms with Gasteiger partial charge >= 0.3 is 0 Å². The topological polar surface area (TPSA) is 57.0 Å². The van der Waals surface area contributed by atoms with Crippen molar-refractivity contribution in [1.29, 1.82) is 5.26 Å². The van der Waals surface area contributed by atoms with Gasteiger partial charge in [-0.25, -0.2) is 0 Å². The van der Waals surface area contributed by atoms with Crippen LogP contribution in [0.4, 0.5) is 5.69 Å². The summed E-state index contributed by atoms with van der Waals surface area (Å²) in [6, 6.07) is 9.11. The summed E-state index contributed by atoms with van der Waals surface area (Å²) in [4.78, 5) is 18.8. The Morgan fingerprint density at radius 3 is 2.88 bits per heavy atom. The molecule has 0 saturated heterocycles. The molecule has 1 saturated carbocycles. The quantitative estimate of drug-likeness (QED) is 0.830. The zero-order valence-corrected chi connectivity index (χ0v) is 14.3. The Balaban J connectivity index is 1.92. The second-order valence-corrected chi connectivity index (χ2v) is 6.64. The zero-order valence-electron chi connectivity index (χ0n) is 13.5. The number of nitriles is 1. The van der Waals surface area contributed by atoms with Crippen molar-refractivity contribution in [3.05, 3.63) is 58.4 Å². The largest absolute Gasteiger partial charge is 0.310 e. The van der Waals surface area contributed by atoms with Crippen LogP contribution in [0.25, 0.3) is 0 Å². The molecule has 1 heterocycles. The molecule has 4 nitrogen and oxygen atoms in total. The molecule has 1 fully saturated rings. The van der Waals surface area contributed by atoms with Crippen LogP contribution in [0.5, 0.6) is 0 Å². The maximum atomic E-state index is 13.0. The molecule has 5 heteroatoms. The summed E-state index contributed by atoms with van der Waals surface area (Å²) in [5, 5.41) is 9.91. The normalized spacial score (nSPS) is 13.4. The van der Waals surface area contributed by atoms with Gasteiger partial charge < -0.3 is 4.90 Å². The van der Waals surface area contributed by atoms with Crippen molar-refractivity contribution < 1.29 is 4.79 Å². The highest BCUT2D eigenvalue weighted by Crippen LogP contribution is 2.33. The molecule has 1 aliphatic carbocycles. The SMILES string of the molecule is Cc1ccncc1CC(=O)N(CC1CC1)c1cc(Cl)ccc1C#N. The summed E-state index contributed by atoms with van der Waals surface area (Å²) in [7, 11) is 0. The van der Waals surface area contributed by atoms with Crippen LogP contribution in [0.1, 0.15) is 29.5 Å². The van der Waals surface area contributed by atoms with Gasteiger partial charge in [-0.15, -0.1) is 0 Å². The molecule has 1 aromatic heterocycles. The monoisotopic (exact) mass is 339 g/mol. The first-order valence-electron chi connectivity index (χ1n) is 7.98. The standard InChI is InChI=1S/C19H18ClN3O/c1-13-6-7-22-11-16(13)8-19(24)23(12-14-2-3-14)18-9-17(20)5-4-15(18)10-21/h4-7,9,11,14H,2-3,8,12H2,1H3. The molecular formula is C19H18ClN3O. The highest BCUT2D eigenvalue weighted by Gasteiger charge is 2.29. The van der Waals surface area contributed by atoms with E-state index in [1.165, 1.54) is 0 Å². The third kappa shape index (κ3) is 3.74. The van der Waals surface area contributed by atoms with Crippen LogP contribution in [-0.4, -0.2) is 17.4 Å². The van der Waals surface area contributed by atoms with Crippen LogP contribution in [0, 0.1) is 24.2 Å². The van der Waals surface area contributed by atoms with Crippen molar-refractivity contribution in [2.75, 3.05) is 11.4 Å². The van der Waals surface area contributed by atoms with Crippen molar-refractivity contribution in [3.63, 3.8) is 0 Å². The van der Waals surface area contributed by atoms with Crippen LogP contribution in [0.3, 0.4) is 0 Å². The average Bonchev–Trinajstić information content (AvgIpc) is 3.39. The molecule has 0 atom stereocenters. The van der Waals surface area contributed by atoms with E-state index in [0.717, 1.165) is 24.0 Å². The van der Waals surface area contributed by atoms with Crippen molar-refractivity contribution >= 4 is 23.2 Å². The van der Waals surface area contributed by atoms with E-state index in [4.69, 9.17) is 11.6 Å². The molecule has 0 unspecified atom stereocenters. The Morgan fingerprint density at radius 1 is 1.42 bits per heavy atom. The smallest absolute Gasteiger partial charge is 0.231 e. The Bertz CT molecular complexity index is 808. The summed E-state index contributed by atoms with van der Waals surface area (Å²) in [6.07, 6.45) is 5.96. The number of rotatable bonds is 5. The molecule has 3 rings (SSSR count). The van der Waals surface area contributed by atoms with Gasteiger partial charge in [0, 0.05) is 24.0 Å². The molecule has 0 radical (unpaired) electrons. The molecule has 2 aromatic rings. The predicted octanol–water partition coefficient (Wildman–Crippen LogP) is 3.90. The number of carbonyl (C=O) groups excluding carboxylic acids is 1. The fourth-order valence-electron chi connectivity index (χ4n) is 2.66. The first-order valence-corrected chi connectivity index (χ1v) is 8.36. The van der Waals surface area contributed by atoms with E-state index in [2.05, 4.69) is 11.1 Å². The number of aryl methyl sites for hydroxylation is 1. The van der Waals surface area contributed by atoms with E-state index >= 15 is 0 Å². The Labute approximate surface area is 146 Å². The Kier molecular flexibility index (Phi) is 4.82. The van der Waals surface area contributed by atoms with E-state index in [9.17, 15) is 10.1 Å². The number of pyridine rings is 1. The van der Waals surface area contributed by atoms with Crippen LogP contribution in [-0.2, 0) is 11.2 Å². The first-order chi connectivity index (χ1) is 11.6. The number of aromatic nitrogens is 1. The van der Waals surface area contributed by atoms with E-state index in [1.807, 2.05) is 13.0 Å². The Hall–Kier alpha value is -2.38. The lowest BCUT2D eigenvalue weighted by Crippen LogP contribution is -2.35. The molecular weight excluding hydrogens is 322 g/mol. The van der Waals surface area contributed by atoms with Gasteiger partial charge in [0.25, 0.3) is 0 Å². The van der Waals surface area contributed by atoms with Crippen LogP contribution in [0.15, 0.2) is 36.7 Å². The minimum Gasteiger partial charge on any atom is -0.310 e. The second kappa shape index (κ2) is 7.02. The van der Waals surface area contributed by atoms with Gasteiger partial charge in [-0.1, -0.05) is 11.6 Å². The number of anilines is 1. The predicted molar refractivity (Wildman–Crippen MR) is 93.9 cm³/mol. The van der Waals surface area contributed by atoms with Crippen molar-refractivity contribution in [1.82, 2.24) is 4.98 Å². The first kappa shape index (κ1) is 16.5. The summed E-state index contributed by atoms with van der Waals surface area (Å²) >= 11 is 6.10. The highest BCUT2D eigenvalue weighted by molar-refractivity contribution is 6.31. The summed E-state index contributed by atoms with van der Waals surface area (Å²) < 4.78 is 0. The zero-order chi connectivity index (χ0) is 17.1. The number of halogens is 1. The number of nitrogens with zero attached hydrogens (tertiary/aromatic N) is 3. The number of benzene rings is 1. The third-order valence-corrected chi connectivity index (χ3v) is 4.53. The minimum atomic E-state index is -0.0308. The van der Waals surface area contributed by atoms with E-state index in [1.54, 1.807) is 35.5 Å². The van der Waals surface area contributed by atoms with Gasteiger partial charge in [0.05, 0.1) is 17.7 Å². The number of amides is 1. The third-order valence-electron chi connectivity index (χ3n) is 4.30. The van der Waals surface area contributed by atoms with Crippen molar-refractivity contribution in [2.45, 2.75) is 26.2 Å². The number of carbonyl (C=O) groups is 1. The van der Waals surface area contributed by atoms with Gasteiger partial charge in [0.1, 0.15) is 6.07 Å². The highest BCUT2D eigenvalue weighted by atomic mass is 35.5. The molecule has 122 valence electrons. The van der Waals surface area contributed by atoms with Gasteiger partial charge in [0.2, 0.25) is 5.91 Å². The lowest BCUT2D eigenvalue weighted by Gasteiger charge is -2.24. The van der Waals surface area contributed by atoms with E-state index in [0.29, 0.717) is 28.7 Å². The van der Waals surface area contributed by atoms with Crippen molar-refractivity contribution in [3.8, 4) is 6.07 Å². The molecule has 0 spiro atoms. The fraction of sp³-hybridized carbons (Fsp3) is 0.316. The molecule has 1 aliphatic rings. The van der Waals surface area contributed by atoms with Crippen LogP contribution >= 0.6 is 11.6 Å². The molecule has 24 heavy (non-hydrogen) atoms. The molecule has 1 aromatic carbocycles. The van der Waals surface area contributed by atoms with E-state index < -0.39 is 0 Å². The van der Waals surface area contributed by atoms with Gasteiger partial charge in [0.15, 0.2) is 0 Å². The van der Waals surface area contributed by atoms with Crippen LogP contribution < -0.4 is 4.90 Å². The van der Waals surface area contributed by atoms with Gasteiger partial charge in [-0.2, -0.15) is 5.26 Å². The minimum absolute atomic E-state index is 0.0308. The fourth-order valence-corrected chi connectivity index (χ4v) is 2.82. The van der Waals surface area contributed by atoms with Gasteiger partial charge in [-0.05, 0) is 61.1 Å². The average molecular weight is 340 g/mol. The van der Waals surface area contributed by atoms with Crippen LogP contribution in [0.2, 0.25) is 5.02 Å². The maximum absolute atomic E-state index is 13.0. The molecule has 1 amide bonds. The summed E-state index contributed by atoms with van der Waals surface area (Å²) in [5.74, 6) is 0.478. The lowest BCUT2D eigenvalue weighted by atomic mass is 10.1.